The van der Waals surface area contributed by atoms with Gasteiger partial charge in [0.25, 0.3) is 5.91 Å². The highest BCUT2D eigenvalue weighted by Gasteiger charge is 2.24. The highest BCUT2D eigenvalue weighted by atomic mass is 32.2. The van der Waals surface area contributed by atoms with Gasteiger partial charge >= 0.3 is 0 Å². The Kier molecular flexibility index (Phi) is 6.62. The zero-order valence-corrected chi connectivity index (χ0v) is 20.1. The lowest BCUT2D eigenvalue weighted by Gasteiger charge is -2.27. The number of nitrogens with zero attached hydrogens (tertiary/aromatic N) is 3. The highest BCUT2D eigenvalue weighted by Crippen LogP contribution is 2.32. The van der Waals surface area contributed by atoms with Gasteiger partial charge in [-0.2, -0.15) is 0 Å². The van der Waals surface area contributed by atoms with E-state index in [1.165, 1.54) is 6.21 Å². The molecule has 8 nitrogen and oxygen atoms in total. The third-order valence-corrected chi connectivity index (χ3v) is 7.70. The molecule has 0 saturated carbocycles. The normalized spacial score (nSPS) is 16.7. The predicted octanol–water partition coefficient (Wildman–Crippen LogP) is 2.75. The van der Waals surface area contributed by atoms with E-state index in [1.54, 1.807) is 23.9 Å². The van der Waals surface area contributed by atoms with Crippen molar-refractivity contribution < 1.29 is 9.59 Å². The van der Waals surface area contributed by atoms with Crippen molar-refractivity contribution in [1.29, 1.82) is 5.41 Å². The summed E-state index contributed by atoms with van der Waals surface area (Å²) in [6.45, 7) is 3.84. The SMILES string of the molecule is Cc1c(SN2CCC(N)=C(C=N)C2)cc(C(=O)NCc2cccc3c2CCC(=O)N3C)n1C. The minimum absolute atomic E-state index is 0.118. The largest absolute Gasteiger partial charge is 0.402 e. The maximum Gasteiger partial charge on any atom is 0.268 e. The fourth-order valence-electron chi connectivity index (χ4n) is 4.30. The van der Waals surface area contributed by atoms with Crippen LogP contribution in [0.15, 0.2) is 40.4 Å². The number of hydrogen-bond donors (Lipinski definition) is 3. The molecule has 4 rings (SSSR count). The van der Waals surface area contributed by atoms with Gasteiger partial charge in [0.05, 0.1) is 0 Å². The van der Waals surface area contributed by atoms with Crippen LogP contribution in [0, 0.1) is 12.3 Å². The summed E-state index contributed by atoms with van der Waals surface area (Å²) in [7, 11) is 3.70. The van der Waals surface area contributed by atoms with Crippen LogP contribution in [0.4, 0.5) is 5.69 Å². The van der Waals surface area contributed by atoms with E-state index in [1.807, 2.05) is 42.8 Å². The summed E-state index contributed by atoms with van der Waals surface area (Å²) in [5.41, 5.74) is 12.3. The first kappa shape index (κ1) is 23.1. The smallest absolute Gasteiger partial charge is 0.268 e. The molecule has 0 atom stereocenters. The molecule has 2 aromatic rings. The van der Waals surface area contributed by atoms with Crippen molar-refractivity contribution in [2.75, 3.05) is 25.0 Å². The Labute approximate surface area is 198 Å². The minimum Gasteiger partial charge on any atom is -0.402 e. The third-order valence-electron chi connectivity index (χ3n) is 6.52. The lowest BCUT2D eigenvalue weighted by atomic mass is 9.96. The van der Waals surface area contributed by atoms with E-state index in [0.717, 1.165) is 51.6 Å². The summed E-state index contributed by atoms with van der Waals surface area (Å²) in [5.74, 6) is -0.0131. The van der Waals surface area contributed by atoms with Crippen LogP contribution in [0.2, 0.25) is 0 Å². The second kappa shape index (κ2) is 9.44. The van der Waals surface area contributed by atoms with E-state index >= 15 is 0 Å². The van der Waals surface area contributed by atoms with Crippen molar-refractivity contribution in [2.24, 2.45) is 12.8 Å². The van der Waals surface area contributed by atoms with E-state index in [-0.39, 0.29) is 11.8 Å². The molecule has 0 bridgehead atoms. The quantitative estimate of drug-likeness (QED) is 0.448. The van der Waals surface area contributed by atoms with Gasteiger partial charge in [0.2, 0.25) is 5.91 Å². The highest BCUT2D eigenvalue weighted by molar-refractivity contribution is 7.97. The van der Waals surface area contributed by atoms with Gasteiger partial charge in [0.1, 0.15) is 5.69 Å². The number of rotatable bonds is 6. The van der Waals surface area contributed by atoms with Crippen LogP contribution >= 0.6 is 11.9 Å². The molecule has 174 valence electrons. The molecular weight excluding hydrogens is 436 g/mol. The molecule has 0 spiro atoms. The molecule has 1 aromatic carbocycles. The van der Waals surface area contributed by atoms with E-state index in [9.17, 15) is 9.59 Å². The van der Waals surface area contributed by atoms with Crippen molar-refractivity contribution in [2.45, 2.75) is 37.6 Å². The van der Waals surface area contributed by atoms with Crippen molar-refractivity contribution >= 4 is 35.7 Å². The van der Waals surface area contributed by atoms with Crippen LogP contribution in [0.5, 0.6) is 0 Å². The molecule has 0 saturated heterocycles. The Morgan fingerprint density at radius 3 is 2.82 bits per heavy atom. The van der Waals surface area contributed by atoms with Crippen molar-refractivity contribution in [3.8, 4) is 0 Å². The molecule has 4 N–H and O–H groups in total. The van der Waals surface area contributed by atoms with E-state index in [4.69, 9.17) is 11.1 Å². The number of nitrogens with two attached hydrogens (primary N) is 1. The van der Waals surface area contributed by atoms with Crippen LogP contribution in [0.3, 0.4) is 0 Å². The zero-order chi connectivity index (χ0) is 23.7. The van der Waals surface area contributed by atoms with Crippen LogP contribution in [0.25, 0.3) is 0 Å². The molecule has 1 aromatic heterocycles. The van der Waals surface area contributed by atoms with Gasteiger partial charge < -0.3 is 25.9 Å². The summed E-state index contributed by atoms with van der Waals surface area (Å²) < 4.78 is 4.09. The van der Waals surface area contributed by atoms with Gasteiger partial charge in [-0.25, -0.2) is 4.31 Å². The molecule has 33 heavy (non-hydrogen) atoms. The number of amides is 2. The molecular formula is C24H30N6O2S. The summed E-state index contributed by atoms with van der Waals surface area (Å²) in [5, 5.41) is 10.6. The number of carbonyl (C=O) groups excluding carboxylic acids is 2. The molecule has 0 aliphatic carbocycles. The molecule has 2 aliphatic rings. The molecule has 0 radical (unpaired) electrons. The van der Waals surface area contributed by atoms with Crippen LogP contribution in [0.1, 0.15) is 40.2 Å². The Morgan fingerprint density at radius 2 is 2.06 bits per heavy atom. The maximum absolute atomic E-state index is 13.0. The second-order valence-electron chi connectivity index (χ2n) is 8.49. The molecule has 0 fully saturated rings. The van der Waals surface area contributed by atoms with Crippen molar-refractivity contribution in [3.05, 3.63) is 58.1 Å². The number of benzene rings is 1. The van der Waals surface area contributed by atoms with Gasteiger partial charge in [-0.1, -0.05) is 12.1 Å². The average Bonchev–Trinajstić information content (AvgIpc) is 3.09. The fraction of sp³-hybridized carbons (Fsp3) is 0.375. The first-order valence-electron chi connectivity index (χ1n) is 11.0. The Hall–Kier alpha value is -3.04. The number of fused-ring (bicyclic) bond motifs is 1. The fourth-order valence-corrected chi connectivity index (χ4v) is 5.40. The summed E-state index contributed by atoms with van der Waals surface area (Å²) >= 11 is 1.60. The lowest BCUT2D eigenvalue weighted by molar-refractivity contribution is -0.118. The second-order valence-corrected chi connectivity index (χ2v) is 9.63. The standard InChI is InChI=1S/C24H30N6O2S/c1-15-22(33-30-10-9-19(26)17(12-25)14-30)11-21(28(15)2)24(32)27-13-16-5-4-6-20-18(16)7-8-23(31)29(20)3/h4-6,11-12,25H,7-10,13-14,26H2,1-3H3,(H,27,32). The summed E-state index contributed by atoms with van der Waals surface area (Å²) in [4.78, 5) is 27.8. The third kappa shape index (κ3) is 4.56. The van der Waals surface area contributed by atoms with Crippen molar-refractivity contribution in [1.82, 2.24) is 14.2 Å². The van der Waals surface area contributed by atoms with Crippen LogP contribution < -0.4 is 16.0 Å². The van der Waals surface area contributed by atoms with Gasteiger partial charge in [-0.3, -0.25) is 9.59 Å². The predicted molar refractivity (Wildman–Crippen MR) is 132 cm³/mol. The lowest BCUT2D eigenvalue weighted by Crippen LogP contribution is -2.32. The number of carbonyl (C=O) groups is 2. The first-order chi connectivity index (χ1) is 15.8. The minimum atomic E-state index is -0.131. The van der Waals surface area contributed by atoms with Crippen LogP contribution in [-0.4, -0.2) is 47.0 Å². The van der Waals surface area contributed by atoms with E-state index in [2.05, 4.69) is 9.62 Å². The van der Waals surface area contributed by atoms with E-state index < -0.39 is 0 Å². The molecule has 2 aliphatic heterocycles. The molecule has 3 heterocycles. The average molecular weight is 467 g/mol. The molecule has 9 heteroatoms. The monoisotopic (exact) mass is 466 g/mol. The Balaban J connectivity index is 1.46. The topological polar surface area (TPSA) is 107 Å². The van der Waals surface area contributed by atoms with Gasteiger partial charge in [-0.05, 0) is 48.6 Å². The summed E-state index contributed by atoms with van der Waals surface area (Å²) in [6, 6.07) is 7.82. The van der Waals surface area contributed by atoms with E-state index in [0.29, 0.717) is 31.6 Å². The molecule has 0 unspecified atom stereocenters. The zero-order valence-electron chi connectivity index (χ0n) is 19.3. The van der Waals surface area contributed by atoms with Crippen LogP contribution in [-0.2, 0) is 24.8 Å². The Bertz CT molecular complexity index is 1150. The van der Waals surface area contributed by atoms with Gasteiger partial charge in [0, 0.05) is 80.3 Å². The maximum atomic E-state index is 13.0. The number of hydrogen-bond acceptors (Lipinski definition) is 6. The van der Waals surface area contributed by atoms with Crippen molar-refractivity contribution in [3.63, 3.8) is 0 Å². The number of aromatic nitrogens is 1. The summed E-state index contributed by atoms with van der Waals surface area (Å²) in [6.07, 6.45) is 3.25. The Morgan fingerprint density at radius 1 is 1.27 bits per heavy atom. The molecule has 2 amide bonds. The number of nitrogens with one attached hydrogen (secondary N) is 2. The first-order valence-corrected chi connectivity index (χ1v) is 11.8. The number of anilines is 1. The van der Waals surface area contributed by atoms with Gasteiger partial charge in [-0.15, -0.1) is 0 Å². The van der Waals surface area contributed by atoms with Gasteiger partial charge in [0.15, 0.2) is 0 Å².